The van der Waals surface area contributed by atoms with Crippen LogP contribution in [0.1, 0.15) is 78.6 Å². The molecule has 0 spiro atoms. The molecule has 0 heterocycles. The zero-order valence-corrected chi connectivity index (χ0v) is 12.3. The van der Waals surface area contributed by atoms with Crippen LogP contribution in [0.15, 0.2) is 0 Å². The third kappa shape index (κ3) is 5.42. The number of rotatable bonds is 7. The van der Waals surface area contributed by atoms with Crippen molar-refractivity contribution in [2.45, 2.75) is 84.6 Å². The molecule has 0 aromatic rings. The Hall–Kier alpha value is -0.0400. The van der Waals surface area contributed by atoms with Crippen LogP contribution < -0.4 is 5.32 Å². The summed E-state index contributed by atoms with van der Waals surface area (Å²) in [4.78, 5) is 0. The van der Waals surface area contributed by atoms with E-state index in [0.717, 1.165) is 17.9 Å². The maximum Gasteiger partial charge on any atom is 0.00926 e. The minimum Gasteiger partial charge on any atom is -0.314 e. The van der Waals surface area contributed by atoms with Crippen molar-refractivity contribution in [3.05, 3.63) is 0 Å². The first-order valence-electron chi connectivity index (χ1n) is 8.05. The van der Waals surface area contributed by atoms with Crippen LogP contribution in [-0.2, 0) is 0 Å². The fourth-order valence-electron chi connectivity index (χ4n) is 3.48. The largest absolute Gasteiger partial charge is 0.314 e. The third-order valence-electron chi connectivity index (χ3n) is 4.50. The highest BCUT2D eigenvalue weighted by molar-refractivity contribution is 4.79. The van der Waals surface area contributed by atoms with E-state index in [1.807, 2.05) is 0 Å². The van der Waals surface area contributed by atoms with Crippen molar-refractivity contribution in [2.75, 3.05) is 6.54 Å². The van der Waals surface area contributed by atoms with E-state index in [2.05, 4.69) is 26.1 Å². The predicted octanol–water partition coefficient (Wildman–Crippen LogP) is 4.76. The van der Waals surface area contributed by atoms with E-state index in [1.165, 1.54) is 64.3 Å². The molecule has 3 atom stereocenters. The Balaban J connectivity index is 2.37. The summed E-state index contributed by atoms with van der Waals surface area (Å²) in [5.74, 6) is 1.99. The summed E-state index contributed by atoms with van der Waals surface area (Å²) >= 11 is 0. The summed E-state index contributed by atoms with van der Waals surface area (Å²) in [6, 6.07) is 0.787. The van der Waals surface area contributed by atoms with E-state index in [9.17, 15) is 0 Å². The average molecular weight is 239 g/mol. The van der Waals surface area contributed by atoms with Gasteiger partial charge in [0, 0.05) is 6.04 Å². The van der Waals surface area contributed by atoms with Gasteiger partial charge in [-0.2, -0.15) is 0 Å². The van der Waals surface area contributed by atoms with Gasteiger partial charge in [-0.05, 0) is 44.1 Å². The second kappa shape index (κ2) is 8.97. The molecule has 0 amide bonds. The Morgan fingerprint density at radius 1 is 1.00 bits per heavy atom. The van der Waals surface area contributed by atoms with Gasteiger partial charge in [-0.15, -0.1) is 0 Å². The maximum absolute atomic E-state index is 3.76. The minimum absolute atomic E-state index is 0.787. The molecule has 1 N–H and O–H groups in total. The fourth-order valence-corrected chi connectivity index (χ4v) is 3.48. The number of hydrogen-bond donors (Lipinski definition) is 1. The molecule has 1 nitrogen and oxygen atoms in total. The molecule has 0 bridgehead atoms. The minimum atomic E-state index is 0.787. The van der Waals surface area contributed by atoms with Crippen LogP contribution >= 0.6 is 0 Å². The first-order valence-corrected chi connectivity index (χ1v) is 8.05. The second-order valence-electron chi connectivity index (χ2n) is 5.89. The van der Waals surface area contributed by atoms with Crippen molar-refractivity contribution < 1.29 is 0 Å². The highest BCUT2D eigenvalue weighted by Crippen LogP contribution is 2.32. The molecular weight excluding hydrogens is 206 g/mol. The fraction of sp³-hybridized carbons (Fsp3) is 1.00. The lowest BCUT2D eigenvalue weighted by Crippen LogP contribution is -2.36. The van der Waals surface area contributed by atoms with Gasteiger partial charge in [-0.3, -0.25) is 0 Å². The molecular formula is C16H33N. The second-order valence-corrected chi connectivity index (χ2v) is 5.89. The van der Waals surface area contributed by atoms with Gasteiger partial charge in [0.2, 0.25) is 0 Å². The number of nitrogens with one attached hydrogen (secondary N) is 1. The molecule has 0 saturated heterocycles. The highest BCUT2D eigenvalue weighted by Gasteiger charge is 2.23. The predicted molar refractivity (Wildman–Crippen MR) is 77.3 cm³/mol. The molecule has 0 aromatic heterocycles. The van der Waals surface area contributed by atoms with E-state index in [4.69, 9.17) is 0 Å². The van der Waals surface area contributed by atoms with E-state index < -0.39 is 0 Å². The van der Waals surface area contributed by atoms with Gasteiger partial charge in [0.25, 0.3) is 0 Å². The van der Waals surface area contributed by atoms with Crippen molar-refractivity contribution >= 4 is 0 Å². The zero-order valence-electron chi connectivity index (χ0n) is 12.3. The molecule has 102 valence electrons. The molecule has 1 saturated carbocycles. The number of hydrogen-bond acceptors (Lipinski definition) is 1. The van der Waals surface area contributed by atoms with Gasteiger partial charge in [0.15, 0.2) is 0 Å². The van der Waals surface area contributed by atoms with Crippen molar-refractivity contribution in [1.29, 1.82) is 0 Å². The molecule has 0 aliphatic heterocycles. The topological polar surface area (TPSA) is 12.0 Å². The quantitative estimate of drug-likeness (QED) is 0.632. The van der Waals surface area contributed by atoms with E-state index in [0.29, 0.717) is 0 Å². The van der Waals surface area contributed by atoms with Crippen LogP contribution in [0.25, 0.3) is 0 Å². The van der Waals surface area contributed by atoms with Crippen LogP contribution in [0.2, 0.25) is 0 Å². The van der Waals surface area contributed by atoms with Crippen LogP contribution in [0.3, 0.4) is 0 Å². The Bertz CT molecular complexity index is 178. The smallest absolute Gasteiger partial charge is 0.00926 e. The lowest BCUT2D eigenvalue weighted by Gasteiger charge is -2.26. The molecule has 3 unspecified atom stereocenters. The zero-order chi connectivity index (χ0) is 12.5. The summed E-state index contributed by atoms with van der Waals surface area (Å²) in [6.45, 7) is 8.15. The Morgan fingerprint density at radius 2 is 1.82 bits per heavy atom. The van der Waals surface area contributed by atoms with Crippen molar-refractivity contribution in [3.8, 4) is 0 Å². The monoisotopic (exact) mass is 239 g/mol. The van der Waals surface area contributed by atoms with Gasteiger partial charge in [0.1, 0.15) is 0 Å². The van der Waals surface area contributed by atoms with Gasteiger partial charge in [0.05, 0.1) is 0 Å². The first kappa shape index (κ1) is 15.0. The standard InChI is InChI=1S/C16H33N/c1-4-8-14-9-7-10-15(12-11-14)16(6-3)17-13-5-2/h14-17H,4-13H2,1-3H3. The van der Waals surface area contributed by atoms with Crippen LogP contribution in [0, 0.1) is 11.8 Å². The normalized spacial score (nSPS) is 27.7. The average Bonchev–Trinajstić information content (AvgIpc) is 2.57. The SMILES string of the molecule is CCCNC(CC)C1CCCC(CCC)CC1. The molecule has 0 aromatic carbocycles. The van der Waals surface area contributed by atoms with Crippen LogP contribution in [0.5, 0.6) is 0 Å². The molecule has 1 aliphatic carbocycles. The third-order valence-corrected chi connectivity index (χ3v) is 4.50. The summed E-state index contributed by atoms with van der Waals surface area (Å²) < 4.78 is 0. The van der Waals surface area contributed by atoms with Crippen molar-refractivity contribution in [2.24, 2.45) is 11.8 Å². The van der Waals surface area contributed by atoms with Crippen LogP contribution in [0.4, 0.5) is 0 Å². The first-order chi connectivity index (χ1) is 8.31. The van der Waals surface area contributed by atoms with Gasteiger partial charge in [-0.25, -0.2) is 0 Å². The van der Waals surface area contributed by atoms with E-state index in [-0.39, 0.29) is 0 Å². The highest BCUT2D eigenvalue weighted by atomic mass is 14.9. The summed E-state index contributed by atoms with van der Waals surface area (Å²) in [6.07, 6.45) is 12.8. The molecule has 1 heteroatoms. The molecule has 1 rings (SSSR count). The summed E-state index contributed by atoms with van der Waals surface area (Å²) in [5, 5.41) is 3.76. The maximum atomic E-state index is 3.76. The van der Waals surface area contributed by atoms with Crippen LogP contribution in [-0.4, -0.2) is 12.6 Å². The lowest BCUT2D eigenvalue weighted by atomic mass is 9.89. The van der Waals surface area contributed by atoms with Gasteiger partial charge >= 0.3 is 0 Å². The Morgan fingerprint density at radius 3 is 2.47 bits per heavy atom. The molecule has 17 heavy (non-hydrogen) atoms. The van der Waals surface area contributed by atoms with E-state index in [1.54, 1.807) is 0 Å². The summed E-state index contributed by atoms with van der Waals surface area (Å²) in [5.41, 5.74) is 0. The van der Waals surface area contributed by atoms with Crippen molar-refractivity contribution in [1.82, 2.24) is 5.32 Å². The molecule has 0 radical (unpaired) electrons. The van der Waals surface area contributed by atoms with Crippen molar-refractivity contribution in [3.63, 3.8) is 0 Å². The molecule has 1 aliphatic rings. The Kier molecular flexibility index (Phi) is 7.92. The van der Waals surface area contributed by atoms with Gasteiger partial charge in [-0.1, -0.05) is 52.9 Å². The van der Waals surface area contributed by atoms with Gasteiger partial charge < -0.3 is 5.32 Å². The summed E-state index contributed by atoms with van der Waals surface area (Å²) in [7, 11) is 0. The van der Waals surface area contributed by atoms with E-state index >= 15 is 0 Å². The Labute approximate surface area is 109 Å². The lowest BCUT2D eigenvalue weighted by molar-refractivity contribution is 0.306. The molecule has 1 fully saturated rings.